The Morgan fingerprint density at radius 2 is 1.87 bits per heavy atom. The van der Waals surface area contributed by atoms with Crippen molar-refractivity contribution in [1.82, 2.24) is 15.1 Å². The molecular formula is C25H37IN4O. The normalized spacial score (nSPS) is 16.5. The second-order valence-corrected chi connectivity index (χ2v) is 8.15. The number of likely N-dealkylation sites (tertiary alicyclic amines) is 1. The Balaban J connectivity index is 0.00000341. The lowest BCUT2D eigenvalue weighted by molar-refractivity contribution is 0.0906. The highest BCUT2D eigenvalue weighted by Gasteiger charge is 2.24. The summed E-state index contributed by atoms with van der Waals surface area (Å²) in [5, 5.41) is 3.55. The quantitative estimate of drug-likeness (QED) is 0.294. The van der Waals surface area contributed by atoms with Gasteiger partial charge in [-0.25, -0.2) is 0 Å². The first-order valence-electron chi connectivity index (χ1n) is 11.0. The fraction of sp³-hybridized carbons (Fsp3) is 0.480. The number of halogens is 1. The topological polar surface area (TPSA) is 40.1 Å². The lowest BCUT2D eigenvalue weighted by Crippen LogP contribution is -2.39. The molecule has 1 unspecified atom stereocenters. The number of rotatable bonds is 9. The van der Waals surface area contributed by atoms with Gasteiger partial charge >= 0.3 is 0 Å². The molecule has 2 aromatic rings. The molecule has 0 aliphatic carbocycles. The molecule has 1 N–H and O–H groups in total. The highest BCUT2D eigenvalue weighted by Crippen LogP contribution is 2.17. The molecule has 170 valence electrons. The molecule has 1 atom stereocenters. The van der Waals surface area contributed by atoms with Gasteiger partial charge in [-0.1, -0.05) is 61.5 Å². The number of guanidine groups is 1. The first-order chi connectivity index (χ1) is 14.7. The molecular weight excluding hydrogens is 499 g/mol. The maximum Gasteiger partial charge on any atom is 0.193 e. The van der Waals surface area contributed by atoms with E-state index in [9.17, 15) is 0 Å². The van der Waals surface area contributed by atoms with Crippen LogP contribution in [0.5, 0.6) is 0 Å². The second kappa shape index (κ2) is 13.7. The van der Waals surface area contributed by atoms with Gasteiger partial charge in [-0.05, 0) is 36.7 Å². The van der Waals surface area contributed by atoms with E-state index in [0.29, 0.717) is 12.5 Å². The summed E-state index contributed by atoms with van der Waals surface area (Å²) in [7, 11) is 4.02. The number of ether oxygens (including phenoxy) is 1. The summed E-state index contributed by atoms with van der Waals surface area (Å²) in [5.41, 5.74) is 3.88. The minimum absolute atomic E-state index is 0. The zero-order chi connectivity index (χ0) is 21.2. The Bertz CT molecular complexity index is 799. The molecule has 0 bridgehead atoms. The third kappa shape index (κ3) is 8.43. The Kier molecular flexibility index (Phi) is 11.3. The summed E-state index contributed by atoms with van der Waals surface area (Å²) >= 11 is 0. The number of nitrogens with one attached hydrogen (secondary N) is 1. The van der Waals surface area contributed by atoms with Crippen molar-refractivity contribution < 1.29 is 4.74 Å². The first-order valence-corrected chi connectivity index (χ1v) is 11.0. The molecule has 1 saturated heterocycles. The SMILES string of the molecule is CCN(C)Cc1cccc(CNC(=NC)N2CCC(COCc3ccccc3)C2)c1.I. The van der Waals surface area contributed by atoms with Gasteiger partial charge in [-0.15, -0.1) is 24.0 Å². The van der Waals surface area contributed by atoms with Crippen LogP contribution in [0.15, 0.2) is 59.6 Å². The van der Waals surface area contributed by atoms with E-state index in [-0.39, 0.29) is 24.0 Å². The van der Waals surface area contributed by atoms with Gasteiger partial charge in [0.15, 0.2) is 5.96 Å². The molecule has 1 aliphatic heterocycles. The van der Waals surface area contributed by atoms with Crippen molar-refractivity contribution in [3.63, 3.8) is 0 Å². The largest absolute Gasteiger partial charge is 0.376 e. The van der Waals surface area contributed by atoms with Crippen molar-refractivity contribution >= 4 is 29.9 Å². The van der Waals surface area contributed by atoms with Gasteiger partial charge in [0.05, 0.1) is 13.2 Å². The van der Waals surface area contributed by atoms with Gasteiger partial charge in [0.2, 0.25) is 0 Å². The van der Waals surface area contributed by atoms with Crippen LogP contribution in [0.1, 0.15) is 30.0 Å². The highest BCUT2D eigenvalue weighted by atomic mass is 127. The average molecular weight is 537 g/mol. The van der Waals surface area contributed by atoms with Crippen LogP contribution in [-0.4, -0.2) is 56.1 Å². The van der Waals surface area contributed by atoms with E-state index in [1.54, 1.807) is 0 Å². The Labute approximate surface area is 204 Å². The van der Waals surface area contributed by atoms with E-state index < -0.39 is 0 Å². The molecule has 0 spiro atoms. The van der Waals surface area contributed by atoms with Gasteiger partial charge in [-0.3, -0.25) is 4.99 Å². The van der Waals surface area contributed by atoms with Gasteiger partial charge in [0.25, 0.3) is 0 Å². The van der Waals surface area contributed by atoms with Gasteiger partial charge in [-0.2, -0.15) is 0 Å². The standard InChI is InChI=1S/C25H36N4O.HI/c1-4-28(3)17-23-12-8-11-22(15-23)16-27-25(26-2)29-14-13-24(18-29)20-30-19-21-9-6-5-7-10-21;/h5-12,15,24H,4,13-14,16-20H2,1-3H3,(H,26,27);1H. The number of aliphatic imine (C=N–C) groups is 1. The number of hydrogen-bond acceptors (Lipinski definition) is 3. The van der Waals surface area contributed by atoms with Crippen molar-refractivity contribution in [3.05, 3.63) is 71.3 Å². The molecule has 2 aromatic carbocycles. The van der Waals surface area contributed by atoms with Crippen molar-refractivity contribution in [3.8, 4) is 0 Å². The van der Waals surface area contributed by atoms with E-state index in [0.717, 1.165) is 51.7 Å². The van der Waals surface area contributed by atoms with E-state index >= 15 is 0 Å². The highest BCUT2D eigenvalue weighted by molar-refractivity contribution is 14.0. The molecule has 1 fully saturated rings. The van der Waals surface area contributed by atoms with Crippen molar-refractivity contribution in [2.45, 2.75) is 33.0 Å². The van der Waals surface area contributed by atoms with Crippen LogP contribution in [-0.2, 0) is 24.4 Å². The van der Waals surface area contributed by atoms with Crippen LogP contribution in [0.25, 0.3) is 0 Å². The third-order valence-electron chi connectivity index (χ3n) is 5.70. The molecule has 1 heterocycles. The molecule has 0 amide bonds. The van der Waals surface area contributed by atoms with Crippen LogP contribution in [0.4, 0.5) is 0 Å². The minimum Gasteiger partial charge on any atom is -0.376 e. The fourth-order valence-corrected chi connectivity index (χ4v) is 3.85. The monoisotopic (exact) mass is 536 g/mol. The van der Waals surface area contributed by atoms with E-state index in [4.69, 9.17) is 4.74 Å². The number of benzene rings is 2. The van der Waals surface area contributed by atoms with Crippen LogP contribution < -0.4 is 5.32 Å². The Morgan fingerprint density at radius 3 is 2.61 bits per heavy atom. The van der Waals surface area contributed by atoms with E-state index in [1.807, 2.05) is 13.1 Å². The molecule has 6 heteroatoms. The maximum atomic E-state index is 5.96. The Morgan fingerprint density at radius 1 is 1.13 bits per heavy atom. The van der Waals surface area contributed by atoms with Crippen LogP contribution >= 0.6 is 24.0 Å². The van der Waals surface area contributed by atoms with Gasteiger partial charge < -0.3 is 19.9 Å². The van der Waals surface area contributed by atoms with Crippen LogP contribution in [0.2, 0.25) is 0 Å². The summed E-state index contributed by atoms with van der Waals surface area (Å²) in [6, 6.07) is 19.2. The molecule has 3 rings (SSSR count). The van der Waals surface area contributed by atoms with Crippen LogP contribution in [0.3, 0.4) is 0 Å². The number of nitrogens with zero attached hydrogens (tertiary/aromatic N) is 3. The van der Waals surface area contributed by atoms with Gasteiger partial charge in [0.1, 0.15) is 0 Å². The summed E-state index contributed by atoms with van der Waals surface area (Å²) in [5.74, 6) is 1.54. The lowest BCUT2D eigenvalue weighted by atomic mass is 10.1. The predicted octanol–water partition coefficient (Wildman–Crippen LogP) is 4.37. The van der Waals surface area contributed by atoms with Crippen LogP contribution in [0, 0.1) is 5.92 Å². The molecule has 0 aromatic heterocycles. The average Bonchev–Trinajstić information content (AvgIpc) is 3.24. The fourth-order valence-electron chi connectivity index (χ4n) is 3.85. The smallest absolute Gasteiger partial charge is 0.193 e. The minimum atomic E-state index is 0. The molecule has 1 aliphatic rings. The molecule has 31 heavy (non-hydrogen) atoms. The molecule has 0 saturated carbocycles. The van der Waals surface area contributed by atoms with Crippen molar-refractivity contribution in [1.29, 1.82) is 0 Å². The predicted molar refractivity (Wildman–Crippen MR) is 140 cm³/mol. The summed E-state index contributed by atoms with van der Waals surface area (Å²) < 4.78 is 5.96. The summed E-state index contributed by atoms with van der Waals surface area (Å²) in [6.07, 6.45) is 1.15. The number of hydrogen-bond donors (Lipinski definition) is 1. The zero-order valence-corrected chi connectivity index (χ0v) is 21.4. The second-order valence-electron chi connectivity index (χ2n) is 8.15. The first kappa shape index (κ1) is 25.6. The van der Waals surface area contributed by atoms with Gasteiger partial charge in [0, 0.05) is 39.1 Å². The summed E-state index contributed by atoms with van der Waals surface area (Å²) in [4.78, 5) is 9.18. The maximum absolute atomic E-state index is 5.96. The molecule has 5 nitrogen and oxygen atoms in total. The zero-order valence-electron chi connectivity index (χ0n) is 19.1. The van der Waals surface area contributed by atoms with E-state index in [1.165, 1.54) is 16.7 Å². The lowest BCUT2D eigenvalue weighted by Gasteiger charge is -2.22. The van der Waals surface area contributed by atoms with Crippen molar-refractivity contribution in [2.24, 2.45) is 10.9 Å². The van der Waals surface area contributed by atoms with Crippen molar-refractivity contribution in [2.75, 3.05) is 40.3 Å². The van der Waals surface area contributed by atoms with E-state index in [2.05, 4.69) is 82.6 Å². The molecule has 0 radical (unpaired) electrons. The Hall–Kier alpha value is -1.64. The third-order valence-corrected chi connectivity index (χ3v) is 5.70. The summed E-state index contributed by atoms with van der Waals surface area (Å²) in [6.45, 7) is 8.53.